The van der Waals surface area contributed by atoms with Gasteiger partial charge in [-0.3, -0.25) is 0 Å². The Balaban J connectivity index is 1.77. The number of rotatable bonds is 9. The monoisotopic (exact) mass is 550 g/mol. The van der Waals surface area contributed by atoms with E-state index < -0.39 is 59.2 Å². The van der Waals surface area contributed by atoms with E-state index >= 15 is 0 Å². The Hall–Kier alpha value is -2.58. The number of halogens is 10. The standard InChI is InChI=1S/C23H20F10O4/c1-2-3-4-12-10-34-20(35-11-12)13-7-17(25)19(18(26)8-13)22(29,30)36-14-5-6-15(16(24)9-14)21(27,28)37-23(31,32)33/h5-9,12,20H,2-4,10-11H2,1H3. The van der Waals surface area contributed by atoms with Crippen molar-refractivity contribution in [3.63, 3.8) is 0 Å². The molecule has 0 spiro atoms. The SMILES string of the molecule is CCCCC1COC(c2cc(F)c(C(F)(F)Oc3ccc(C(F)(F)OC(F)(F)F)c(F)c3)c(F)c2)OC1. The van der Waals surface area contributed by atoms with Crippen molar-refractivity contribution < 1.29 is 62.9 Å². The van der Waals surface area contributed by atoms with Gasteiger partial charge in [0.15, 0.2) is 6.29 Å². The molecule has 0 bridgehead atoms. The van der Waals surface area contributed by atoms with Crippen LogP contribution in [-0.2, 0) is 26.4 Å². The molecule has 4 nitrogen and oxygen atoms in total. The van der Waals surface area contributed by atoms with Crippen molar-refractivity contribution in [3.05, 3.63) is 64.5 Å². The normalized spacial score (nSPS) is 19.2. The maximum Gasteiger partial charge on any atom is 0.527 e. The van der Waals surface area contributed by atoms with Crippen LogP contribution in [0.15, 0.2) is 30.3 Å². The highest BCUT2D eigenvalue weighted by Gasteiger charge is 2.48. The first-order chi connectivity index (χ1) is 17.1. The lowest BCUT2D eigenvalue weighted by atomic mass is 10.0. The Morgan fingerprint density at radius 1 is 0.838 bits per heavy atom. The van der Waals surface area contributed by atoms with Crippen LogP contribution in [0.25, 0.3) is 0 Å². The first kappa shape index (κ1) is 29.0. The van der Waals surface area contributed by atoms with E-state index in [0.29, 0.717) is 12.1 Å². The van der Waals surface area contributed by atoms with Crippen molar-refractivity contribution in [2.75, 3.05) is 13.2 Å². The highest BCUT2D eigenvalue weighted by Crippen LogP contribution is 2.41. The fourth-order valence-corrected chi connectivity index (χ4v) is 3.60. The molecule has 37 heavy (non-hydrogen) atoms. The van der Waals surface area contributed by atoms with E-state index in [-0.39, 0.29) is 42.9 Å². The zero-order valence-electron chi connectivity index (χ0n) is 19.0. The quantitative estimate of drug-likeness (QED) is 0.301. The van der Waals surface area contributed by atoms with Crippen molar-refractivity contribution in [1.82, 2.24) is 0 Å². The summed E-state index contributed by atoms with van der Waals surface area (Å²) in [6, 6.07) is 1.20. The Labute approximate surface area is 204 Å². The molecule has 0 radical (unpaired) electrons. The van der Waals surface area contributed by atoms with Crippen LogP contribution in [0.5, 0.6) is 5.75 Å². The summed E-state index contributed by atoms with van der Waals surface area (Å²) in [5.41, 5.74) is -4.06. The molecule has 0 unspecified atom stereocenters. The van der Waals surface area contributed by atoms with Crippen molar-refractivity contribution >= 4 is 0 Å². The molecule has 0 N–H and O–H groups in total. The van der Waals surface area contributed by atoms with Gasteiger partial charge >= 0.3 is 18.6 Å². The molecule has 3 rings (SSSR count). The van der Waals surface area contributed by atoms with Gasteiger partial charge in [-0.15, -0.1) is 13.2 Å². The minimum absolute atomic E-state index is 0.00612. The Kier molecular flexibility index (Phi) is 8.64. The minimum Gasteiger partial charge on any atom is -0.429 e. The summed E-state index contributed by atoms with van der Waals surface area (Å²) >= 11 is 0. The smallest absolute Gasteiger partial charge is 0.429 e. The molecule has 2 aromatic rings. The van der Waals surface area contributed by atoms with Crippen molar-refractivity contribution in [3.8, 4) is 5.75 Å². The van der Waals surface area contributed by atoms with Gasteiger partial charge in [-0.05, 0) is 30.7 Å². The second-order valence-corrected chi connectivity index (χ2v) is 8.19. The van der Waals surface area contributed by atoms with Crippen LogP contribution in [0.2, 0.25) is 0 Å². The first-order valence-corrected chi connectivity index (χ1v) is 10.9. The topological polar surface area (TPSA) is 36.9 Å². The zero-order chi connectivity index (χ0) is 27.6. The van der Waals surface area contributed by atoms with Crippen molar-refractivity contribution in [1.29, 1.82) is 0 Å². The van der Waals surface area contributed by atoms with Crippen LogP contribution in [0.3, 0.4) is 0 Å². The maximum absolute atomic E-state index is 14.6. The molecule has 2 aromatic carbocycles. The molecule has 0 aromatic heterocycles. The molecule has 1 aliphatic heterocycles. The summed E-state index contributed by atoms with van der Waals surface area (Å²) in [5, 5.41) is 0. The summed E-state index contributed by atoms with van der Waals surface area (Å²) in [4.78, 5) is 0. The second kappa shape index (κ2) is 11.0. The molecule has 0 amide bonds. The maximum atomic E-state index is 14.6. The van der Waals surface area contributed by atoms with Crippen LogP contribution >= 0.6 is 0 Å². The van der Waals surface area contributed by atoms with E-state index in [4.69, 9.17) is 9.47 Å². The highest BCUT2D eigenvalue weighted by atomic mass is 19.4. The molecule has 206 valence electrons. The second-order valence-electron chi connectivity index (χ2n) is 8.19. The third kappa shape index (κ3) is 7.26. The number of ether oxygens (including phenoxy) is 4. The third-order valence-corrected chi connectivity index (χ3v) is 5.30. The van der Waals surface area contributed by atoms with Crippen LogP contribution in [0.1, 0.15) is 49.2 Å². The molecule has 0 saturated carbocycles. The van der Waals surface area contributed by atoms with Gasteiger partial charge in [0.2, 0.25) is 0 Å². The number of alkyl halides is 7. The predicted molar refractivity (Wildman–Crippen MR) is 106 cm³/mol. The molecule has 1 aliphatic rings. The largest absolute Gasteiger partial charge is 0.527 e. The van der Waals surface area contributed by atoms with E-state index in [9.17, 15) is 43.9 Å². The molecule has 1 saturated heterocycles. The van der Waals surface area contributed by atoms with E-state index in [0.717, 1.165) is 19.3 Å². The van der Waals surface area contributed by atoms with Crippen molar-refractivity contribution in [2.24, 2.45) is 5.92 Å². The van der Waals surface area contributed by atoms with Crippen molar-refractivity contribution in [2.45, 2.75) is 51.1 Å². The highest BCUT2D eigenvalue weighted by molar-refractivity contribution is 5.33. The molecule has 14 heteroatoms. The van der Waals surface area contributed by atoms with Gasteiger partial charge in [0.05, 0.1) is 18.8 Å². The summed E-state index contributed by atoms with van der Waals surface area (Å²) in [6.07, 6.45) is -14.4. The minimum atomic E-state index is -5.84. The molecular formula is C23H20F10O4. The Morgan fingerprint density at radius 2 is 1.43 bits per heavy atom. The average molecular weight is 550 g/mol. The van der Waals surface area contributed by atoms with E-state index in [1.54, 1.807) is 0 Å². The Morgan fingerprint density at radius 3 is 1.95 bits per heavy atom. The van der Waals surface area contributed by atoms with Gasteiger partial charge < -0.3 is 14.2 Å². The summed E-state index contributed by atoms with van der Waals surface area (Å²) in [5.74, 6) is -6.81. The number of hydrogen-bond donors (Lipinski definition) is 0. The molecular weight excluding hydrogens is 530 g/mol. The molecule has 1 fully saturated rings. The fourth-order valence-electron chi connectivity index (χ4n) is 3.60. The van der Waals surface area contributed by atoms with Crippen LogP contribution in [0, 0.1) is 23.4 Å². The number of benzene rings is 2. The van der Waals surface area contributed by atoms with Gasteiger partial charge in [0.25, 0.3) is 0 Å². The van der Waals surface area contributed by atoms with Crippen LogP contribution in [0.4, 0.5) is 43.9 Å². The van der Waals surface area contributed by atoms with Crippen LogP contribution in [-0.4, -0.2) is 19.6 Å². The lowest BCUT2D eigenvalue weighted by Crippen LogP contribution is -2.29. The molecule has 0 aliphatic carbocycles. The predicted octanol–water partition coefficient (Wildman–Crippen LogP) is 7.67. The van der Waals surface area contributed by atoms with Gasteiger partial charge in [-0.1, -0.05) is 19.8 Å². The molecule has 0 atom stereocenters. The first-order valence-electron chi connectivity index (χ1n) is 10.9. The number of hydrogen-bond acceptors (Lipinski definition) is 4. The summed E-state index contributed by atoms with van der Waals surface area (Å²) in [6.45, 7) is 2.45. The molecule has 1 heterocycles. The van der Waals surface area contributed by atoms with E-state index in [1.165, 1.54) is 0 Å². The Bertz CT molecular complexity index is 1060. The van der Waals surface area contributed by atoms with E-state index in [1.807, 2.05) is 6.92 Å². The van der Waals surface area contributed by atoms with Gasteiger partial charge in [-0.2, -0.15) is 17.6 Å². The summed E-state index contributed by atoms with van der Waals surface area (Å²) < 4.78 is 153. The zero-order valence-corrected chi connectivity index (χ0v) is 19.0. The van der Waals surface area contributed by atoms with Gasteiger partial charge in [0, 0.05) is 17.5 Å². The number of unbranched alkanes of at least 4 members (excludes halogenated alkanes) is 1. The van der Waals surface area contributed by atoms with Gasteiger partial charge in [0.1, 0.15) is 28.8 Å². The lowest BCUT2D eigenvalue weighted by Gasteiger charge is -2.30. The average Bonchev–Trinajstić information content (AvgIpc) is 2.75. The lowest BCUT2D eigenvalue weighted by molar-refractivity contribution is -0.432. The third-order valence-electron chi connectivity index (χ3n) is 5.30. The fraction of sp³-hybridized carbons (Fsp3) is 0.478. The summed E-state index contributed by atoms with van der Waals surface area (Å²) in [7, 11) is 0. The van der Waals surface area contributed by atoms with Crippen LogP contribution < -0.4 is 4.74 Å². The van der Waals surface area contributed by atoms with Gasteiger partial charge in [-0.25, -0.2) is 17.9 Å². The van der Waals surface area contributed by atoms with E-state index in [2.05, 4.69) is 9.47 Å².